The second kappa shape index (κ2) is 8.33. The molecule has 1 atom stereocenters. The van der Waals surface area contributed by atoms with Crippen molar-refractivity contribution in [2.24, 2.45) is 0 Å². The predicted octanol–water partition coefficient (Wildman–Crippen LogP) is 2.93. The van der Waals surface area contributed by atoms with Crippen LogP contribution in [0.2, 0.25) is 0 Å². The van der Waals surface area contributed by atoms with Crippen LogP contribution in [0.15, 0.2) is 52.5 Å². The second-order valence-corrected chi connectivity index (χ2v) is 6.93. The number of hydrogen-bond acceptors (Lipinski definition) is 8. The maximum absolute atomic E-state index is 12.8. The molecule has 0 saturated carbocycles. The van der Waals surface area contributed by atoms with E-state index in [1.165, 1.54) is 37.9 Å². The summed E-state index contributed by atoms with van der Waals surface area (Å²) in [4.78, 5) is 24.1. The number of rotatable bonds is 8. The Bertz CT molecular complexity index is 966. The molecule has 0 radical (unpaired) electrons. The van der Waals surface area contributed by atoms with E-state index in [0.29, 0.717) is 4.88 Å². The molecule has 1 amide bonds. The second-order valence-electron chi connectivity index (χ2n) is 5.98. The van der Waals surface area contributed by atoms with Gasteiger partial charge in [0.25, 0.3) is 11.6 Å². The molecule has 29 heavy (non-hydrogen) atoms. The zero-order valence-corrected chi connectivity index (χ0v) is 16.4. The molecule has 152 valence electrons. The molecule has 0 saturated heterocycles. The van der Waals surface area contributed by atoms with E-state index in [-0.39, 0.29) is 29.4 Å². The van der Waals surface area contributed by atoms with Crippen molar-refractivity contribution in [2.75, 3.05) is 20.8 Å². The summed E-state index contributed by atoms with van der Waals surface area (Å²) in [7, 11) is 2.70. The number of benzene rings is 1. The molecule has 3 rings (SSSR count). The first-order chi connectivity index (χ1) is 13.9. The smallest absolute Gasteiger partial charge is 0.286 e. The van der Waals surface area contributed by atoms with E-state index in [1.807, 2.05) is 0 Å². The van der Waals surface area contributed by atoms with Crippen LogP contribution in [0.1, 0.15) is 21.0 Å². The summed E-state index contributed by atoms with van der Waals surface area (Å²) < 4.78 is 15.5. The van der Waals surface area contributed by atoms with Gasteiger partial charge in [0.1, 0.15) is 11.3 Å². The lowest BCUT2D eigenvalue weighted by molar-refractivity contribution is -0.385. The third kappa shape index (κ3) is 3.93. The molecule has 0 bridgehead atoms. The van der Waals surface area contributed by atoms with E-state index in [4.69, 9.17) is 13.9 Å². The van der Waals surface area contributed by atoms with Crippen molar-refractivity contribution in [3.63, 3.8) is 0 Å². The molecular weight excluding hydrogens is 400 g/mol. The summed E-state index contributed by atoms with van der Waals surface area (Å²) in [6, 6.07) is 9.02. The van der Waals surface area contributed by atoms with Gasteiger partial charge in [-0.2, -0.15) is 0 Å². The molecule has 1 unspecified atom stereocenters. The minimum absolute atomic E-state index is 0.126. The van der Waals surface area contributed by atoms with Crippen molar-refractivity contribution in [2.45, 2.75) is 5.60 Å². The molecule has 0 aliphatic heterocycles. The van der Waals surface area contributed by atoms with Gasteiger partial charge in [-0.25, -0.2) is 0 Å². The molecule has 2 heterocycles. The van der Waals surface area contributed by atoms with Crippen LogP contribution in [0, 0.1) is 10.1 Å². The highest BCUT2D eigenvalue weighted by Crippen LogP contribution is 2.35. The monoisotopic (exact) mass is 418 g/mol. The minimum Gasteiger partial charge on any atom is -0.493 e. The number of ether oxygens (including phenoxy) is 2. The number of carbonyl (C=O) groups excluding carboxylic acids is 1. The Morgan fingerprint density at radius 2 is 2.00 bits per heavy atom. The minimum atomic E-state index is -1.63. The first-order valence-electron chi connectivity index (χ1n) is 8.39. The molecular formula is C19H18N2O7S. The van der Waals surface area contributed by atoms with Gasteiger partial charge in [0.2, 0.25) is 0 Å². The van der Waals surface area contributed by atoms with Gasteiger partial charge in [-0.15, -0.1) is 11.3 Å². The van der Waals surface area contributed by atoms with Crippen LogP contribution < -0.4 is 14.8 Å². The van der Waals surface area contributed by atoms with E-state index in [9.17, 15) is 20.0 Å². The van der Waals surface area contributed by atoms with Gasteiger partial charge < -0.3 is 24.3 Å². The first kappa shape index (κ1) is 20.4. The molecule has 9 nitrogen and oxygen atoms in total. The van der Waals surface area contributed by atoms with Gasteiger partial charge in [-0.3, -0.25) is 14.9 Å². The van der Waals surface area contributed by atoms with Crippen LogP contribution in [0.4, 0.5) is 5.69 Å². The molecule has 10 heteroatoms. The van der Waals surface area contributed by atoms with Crippen molar-refractivity contribution in [1.29, 1.82) is 0 Å². The maximum Gasteiger partial charge on any atom is 0.286 e. The van der Waals surface area contributed by atoms with E-state index >= 15 is 0 Å². The van der Waals surface area contributed by atoms with Gasteiger partial charge in [0, 0.05) is 10.9 Å². The summed E-state index contributed by atoms with van der Waals surface area (Å²) in [5.74, 6) is -0.217. The van der Waals surface area contributed by atoms with Crippen LogP contribution in [0.25, 0.3) is 0 Å². The molecule has 2 N–H and O–H groups in total. The number of hydrogen-bond donors (Lipinski definition) is 2. The fourth-order valence-corrected chi connectivity index (χ4v) is 3.66. The Morgan fingerprint density at radius 3 is 2.55 bits per heavy atom. The van der Waals surface area contributed by atoms with Crippen molar-refractivity contribution in [3.05, 3.63) is 74.4 Å². The highest BCUT2D eigenvalue weighted by Gasteiger charge is 2.37. The van der Waals surface area contributed by atoms with Crippen LogP contribution in [0.3, 0.4) is 0 Å². The highest BCUT2D eigenvalue weighted by molar-refractivity contribution is 7.10. The normalized spacial score (nSPS) is 12.8. The van der Waals surface area contributed by atoms with Gasteiger partial charge in [-0.1, -0.05) is 6.07 Å². The van der Waals surface area contributed by atoms with Crippen molar-refractivity contribution in [3.8, 4) is 11.5 Å². The molecule has 0 aliphatic carbocycles. The largest absolute Gasteiger partial charge is 0.493 e. The molecule has 0 fully saturated rings. The third-order valence-electron chi connectivity index (χ3n) is 4.31. The molecule has 0 aliphatic rings. The zero-order chi connectivity index (χ0) is 21.0. The highest BCUT2D eigenvalue weighted by atomic mass is 32.1. The number of nitrogens with zero attached hydrogens (tertiary/aromatic N) is 1. The lowest BCUT2D eigenvalue weighted by atomic mass is 9.98. The number of carbonyl (C=O) groups is 1. The standard InChI is InChI=1S/C19H18N2O7S/c1-26-14-9-12(13(21(24)25)10-15(14)27-2)18(22)20-11-19(23,16-5-3-7-28-16)17-6-4-8-29-17/h3-10,23H,11H2,1-2H3,(H,20,22). The van der Waals surface area contributed by atoms with Gasteiger partial charge in [0.05, 0.1) is 38.0 Å². The lowest BCUT2D eigenvalue weighted by Gasteiger charge is -2.25. The van der Waals surface area contributed by atoms with Crippen LogP contribution in [-0.2, 0) is 5.60 Å². The Morgan fingerprint density at radius 1 is 1.28 bits per heavy atom. The molecule has 2 aromatic heterocycles. The summed E-state index contributed by atoms with van der Waals surface area (Å²) in [6.45, 7) is -0.259. The Balaban J connectivity index is 1.92. The molecule has 3 aromatic rings. The number of amides is 1. The fraction of sp³-hybridized carbons (Fsp3) is 0.211. The summed E-state index contributed by atoms with van der Waals surface area (Å²) in [6.07, 6.45) is 1.41. The van der Waals surface area contributed by atoms with E-state index in [1.54, 1.807) is 29.6 Å². The van der Waals surface area contributed by atoms with Crippen LogP contribution >= 0.6 is 11.3 Å². The van der Waals surface area contributed by atoms with Crippen molar-refractivity contribution < 1.29 is 28.7 Å². The zero-order valence-electron chi connectivity index (χ0n) is 15.6. The molecule has 0 spiro atoms. The summed E-state index contributed by atoms with van der Waals surface area (Å²) in [5, 5.41) is 27.0. The van der Waals surface area contributed by atoms with Crippen molar-refractivity contribution >= 4 is 22.9 Å². The average molecular weight is 418 g/mol. The predicted molar refractivity (Wildman–Crippen MR) is 105 cm³/mol. The quantitative estimate of drug-likeness (QED) is 0.426. The average Bonchev–Trinajstić information content (AvgIpc) is 3.45. The number of methoxy groups -OCH3 is 2. The van der Waals surface area contributed by atoms with Crippen LogP contribution in [0.5, 0.6) is 11.5 Å². The van der Waals surface area contributed by atoms with Gasteiger partial charge in [-0.05, 0) is 23.6 Å². The number of nitro benzene ring substituents is 1. The van der Waals surface area contributed by atoms with E-state index < -0.39 is 22.1 Å². The summed E-state index contributed by atoms with van der Waals surface area (Å²) >= 11 is 1.29. The first-order valence-corrected chi connectivity index (χ1v) is 9.27. The fourth-order valence-electron chi connectivity index (χ4n) is 2.83. The number of furan rings is 1. The van der Waals surface area contributed by atoms with Crippen molar-refractivity contribution in [1.82, 2.24) is 5.32 Å². The number of aliphatic hydroxyl groups is 1. The third-order valence-corrected chi connectivity index (χ3v) is 5.33. The Hall–Kier alpha value is -3.37. The van der Waals surface area contributed by atoms with Crippen LogP contribution in [-0.4, -0.2) is 36.7 Å². The van der Waals surface area contributed by atoms with Gasteiger partial charge >= 0.3 is 0 Å². The van der Waals surface area contributed by atoms with Gasteiger partial charge in [0.15, 0.2) is 17.1 Å². The van der Waals surface area contributed by atoms with E-state index in [0.717, 1.165) is 6.07 Å². The number of nitro groups is 1. The number of nitrogens with one attached hydrogen (secondary N) is 1. The maximum atomic E-state index is 12.8. The van der Waals surface area contributed by atoms with E-state index in [2.05, 4.69) is 5.32 Å². The Kier molecular flexibility index (Phi) is 5.85. The lowest BCUT2D eigenvalue weighted by Crippen LogP contribution is -2.41. The SMILES string of the molecule is COc1cc(C(=O)NCC(O)(c2ccco2)c2cccs2)c([N+](=O)[O-])cc1OC. The topological polar surface area (TPSA) is 124 Å². The Labute approximate surface area is 169 Å². The molecule has 1 aromatic carbocycles. The summed E-state index contributed by atoms with van der Waals surface area (Å²) in [5.41, 5.74) is -2.29. The number of thiophene rings is 1.